The number of carboxylic acids is 1. The van der Waals surface area contributed by atoms with Crippen molar-refractivity contribution in [3.05, 3.63) is 58.1 Å². The van der Waals surface area contributed by atoms with Crippen LogP contribution in [0, 0.1) is 13.8 Å². The maximum atomic E-state index is 11.4. The monoisotopic (exact) mass is 289 g/mol. The van der Waals surface area contributed by atoms with Gasteiger partial charge in [0.05, 0.1) is 11.3 Å². The molecule has 0 amide bonds. The summed E-state index contributed by atoms with van der Waals surface area (Å²) in [6, 6.07) is 11.0. The van der Waals surface area contributed by atoms with E-state index in [1.165, 1.54) is 11.6 Å². The molecule has 0 radical (unpaired) electrons. The summed E-state index contributed by atoms with van der Waals surface area (Å²) in [6.45, 7) is 4.04. The Kier molecular flexibility index (Phi) is 4.00. The number of carboxylic acid groups (broad SMARTS) is 1. The molecule has 0 aromatic heterocycles. The fraction of sp³-hybridized carbons (Fsp3) is 0.188. The largest absolute Gasteiger partial charge is 0.478 e. The highest BCUT2D eigenvalue weighted by Gasteiger charge is 2.16. The molecule has 0 fully saturated rings. The van der Waals surface area contributed by atoms with Crippen molar-refractivity contribution in [2.45, 2.75) is 13.8 Å². The summed E-state index contributed by atoms with van der Waals surface area (Å²) >= 11 is 5.88. The zero-order valence-electron chi connectivity index (χ0n) is 11.6. The van der Waals surface area contributed by atoms with Crippen LogP contribution in [0.25, 0.3) is 0 Å². The number of halogens is 1. The van der Waals surface area contributed by atoms with Gasteiger partial charge in [-0.15, -0.1) is 0 Å². The first-order valence-corrected chi connectivity index (χ1v) is 6.62. The van der Waals surface area contributed by atoms with E-state index in [0.717, 1.165) is 11.3 Å². The van der Waals surface area contributed by atoms with E-state index >= 15 is 0 Å². The van der Waals surface area contributed by atoms with Crippen molar-refractivity contribution in [2.24, 2.45) is 0 Å². The molecule has 4 heteroatoms. The summed E-state index contributed by atoms with van der Waals surface area (Å²) < 4.78 is 0. The van der Waals surface area contributed by atoms with Gasteiger partial charge < -0.3 is 10.0 Å². The zero-order chi connectivity index (χ0) is 14.9. The van der Waals surface area contributed by atoms with Crippen molar-refractivity contribution < 1.29 is 9.90 Å². The lowest BCUT2D eigenvalue weighted by Crippen LogP contribution is -2.15. The van der Waals surface area contributed by atoms with Crippen LogP contribution >= 0.6 is 11.6 Å². The number of carbonyl (C=O) groups is 1. The van der Waals surface area contributed by atoms with E-state index < -0.39 is 5.97 Å². The van der Waals surface area contributed by atoms with Crippen molar-refractivity contribution in [3.63, 3.8) is 0 Å². The minimum absolute atomic E-state index is 0.194. The average Bonchev–Trinajstić information content (AvgIpc) is 2.37. The van der Waals surface area contributed by atoms with Crippen LogP contribution in [0.2, 0.25) is 5.02 Å². The van der Waals surface area contributed by atoms with Crippen LogP contribution in [-0.4, -0.2) is 18.1 Å². The SMILES string of the molecule is Cc1ccc(N(C)c2ccc(Cl)cc2C(=O)O)c(C)c1. The Morgan fingerprint density at radius 1 is 1.10 bits per heavy atom. The first kappa shape index (κ1) is 14.4. The molecule has 1 N–H and O–H groups in total. The quantitative estimate of drug-likeness (QED) is 0.909. The number of aryl methyl sites for hydroxylation is 2. The number of rotatable bonds is 3. The predicted molar refractivity (Wildman–Crippen MR) is 82.4 cm³/mol. The molecule has 2 rings (SSSR count). The fourth-order valence-corrected chi connectivity index (χ4v) is 2.46. The molecule has 0 aliphatic heterocycles. The Morgan fingerprint density at radius 3 is 2.35 bits per heavy atom. The van der Waals surface area contributed by atoms with Crippen LogP contribution < -0.4 is 4.90 Å². The van der Waals surface area contributed by atoms with Gasteiger partial charge in [0.1, 0.15) is 0 Å². The van der Waals surface area contributed by atoms with Crippen LogP contribution in [0.3, 0.4) is 0 Å². The van der Waals surface area contributed by atoms with E-state index in [4.69, 9.17) is 11.6 Å². The van der Waals surface area contributed by atoms with Crippen LogP contribution in [0.1, 0.15) is 21.5 Å². The Hall–Kier alpha value is -2.00. The van der Waals surface area contributed by atoms with Gasteiger partial charge in [-0.05, 0) is 43.7 Å². The second kappa shape index (κ2) is 5.55. The van der Waals surface area contributed by atoms with Crippen molar-refractivity contribution in [1.29, 1.82) is 0 Å². The number of anilines is 2. The van der Waals surface area contributed by atoms with Crippen molar-refractivity contribution in [2.75, 3.05) is 11.9 Å². The highest BCUT2D eigenvalue weighted by atomic mass is 35.5. The minimum Gasteiger partial charge on any atom is -0.478 e. The molecule has 0 heterocycles. The van der Waals surface area contributed by atoms with Crippen molar-refractivity contribution >= 4 is 28.9 Å². The normalized spacial score (nSPS) is 10.4. The molecule has 0 bridgehead atoms. The predicted octanol–water partition coefficient (Wildman–Crippen LogP) is 4.42. The molecule has 0 unspecified atom stereocenters. The van der Waals surface area contributed by atoms with E-state index in [-0.39, 0.29) is 5.56 Å². The summed E-state index contributed by atoms with van der Waals surface area (Å²) in [4.78, 5) is 13.2. The van der Waals surface area contributed by atoms with Crippen LogP contribution in [0.4, 0.5) is 11.4 Å². The Bertz CT molecular complexity index is 668. The summed E-state index contributed by atoms with van der Waals surface area (Å²) in [5.41, 5.74) is 4.06. The highest BCUT2D eigenvalue weighted by molar-refractivity contribution is 6.31. The lowest BCUT2D eigenvalue weighted by Gasteiger charge is -2.23. The lowest BCUT2D eigenvalue weighted by molar-refractivity contribution is 0.0697. The summed E-state index contributed by atoms with van der Waals surface area (Å²) in [5.74, 6) is -0.987. The van der Waals surface area contributed by atoms with Crippen LogP contribution in [0.15, 0.2) is 36.4 Å². The van der Waals surface area contributed by atoms with Gasteiger partial charge in [0, 0.05) is 17.8 Å². The van der Waals surface area contributed by atoms with Gasteiger partial charge in [0.15, 0.2) is 0 Å². The molecule has 0 spiro atoms. The van der Waals surface area contributed by atoms with Gasteiger partial charge in [-0.1, -0.05) is 29.3 Å². The van der Waals surface area contributed by atoms with Gasteiger partial charge >= 0.3 is 5.97 Å². The van der Waals surface area contributed by atoms with E-state index in [1.54, 1.807) is 12.1 Å². The smallest absolute Gasteiger partial charge is 0.337 e. The fourth-order valence-electron chi connectivity index (χ4n) is 2.28. The molecule has 20 heavy (non-hydrogen) atoms. The molecule has 0 aliphatic carbocycles. The van der Waals surface area contributed by atoms with Crippen molar-refractivity contribution in [1.82, 2.24) is 0 Å². The summed E-state index contributed by atoms with van der Waals surface area (Å²) in [5, 5.41) is 9.73. The van der Waals surface area contributed by atoms with Gasteiger partial charge in [0.2, 0.25) is 0 Å². The van der Waals surface area contributed by atoms with Crippen molar-refractivity contribution in [3.8, 4) is 0 Å². The summed E-state index contributed by atoms with van der Waals surface area (Å²) in [6.07, 6.45) is 0. The van der Waals surface area contributed by atoms with Gasteiger partial charge in [0.25, 0.3) is 0 Å². The standard InChI is InChI=1S/C16H16ClNO2/c1-10-4-6-14(11(2)8-10)18(3)15-7-5-12(17)9-13(15)16(19)20/h4-9H,1-3H3,(H,19,20). The van der Waals surface area contributed by atoms with E-state index in [0.29, 0.717) is 10.7 Å². The zero-order valence-corrected chi connectivity index (χ0v) is 12.4. The third-order valence-electron chi connectivity index (χ3n) is 3.26. The highest BCUT2D eigenvalue weighted by Crippen LogP contribution is 2.31. The number of nitrogens with zero attached hydrogens (tertiary/aromatic N) is 1. The molecule has 2 aromatic carbocycles. The maximum Gasteiger partial charge on any atom is 0.337 e. The molecular weight excluding hydrogens is 274 g/mol. The van der Waals surface area contributed by atoms with Gasteiger partial charge in [-0.3, -0.25) is 0 Å². The van der Waals surface area contributed by atoms with Crippen LogP contribution in [0.5, 0.6) is 0 Å². The van der Waals surface area contributed by atoms with E-state index in [2.05, 4.69) is 6.07 Å². The number of hydrogen-bond donors (Lipinski definition) is 1. The molecule has 2 aromatic rings. The molecule has 0 saturated carbocycles. The second-order valence-corrected chi connectivity index (χ2v) is 5.25. The Balaban J connectivity index is 2.53. The Morgan fingerprint density at radius 2 is 1.75 bits per heavy atom. The first-order valence-electron chi connectivity index (χ1n) is 6.24. The molecule has 3 nitrogen and oxygen atoms in total. The third kappa shape index (κ3) is 2.78. The number of hydrogen-bond acceptors (Lipinski definition) is 2. The second-order valence-electron chi connectivity index (χ2n) is 4.82. The maximum absolute atomic E-state index is 11.4. The van der Waals surface area contributed by atoms with E-state index in [9.17, 15) is 9.90 Å². The van der Waals surface area contributed by atoms with Gasteiger partial charge in [-0.25, -0.2) is 4.79 Å². The lowest BCUT2D eigenvalue weighted by atomic mass is 10.1. The Labute approximate surface area is 123 Å². The molecule has 0 aliphatic rings. The average molecular weight is 290 g/mol. The topological polar surface area (TPSA) is 40.5 Å². The summed E-state index contributed by atoms with van der Waals surface area (Å²) in [7, 11) is 1.85. The molecule has 104 valence electrons. The molecular formula is C16H16ClNO2. The number of aromatic carboxylic acids is 1. The first-order chi connectivity index (χ1) is 9.40. The molecule has 0 atom stereocenters. The van der Waals surface area contributed by atoms with Crippen LogP contribution in [-0.2, 0) is 0 Å². The number of benzene rings is 2. The minimum atomic E-state index is -0.987. The van der Waals surface area contributed by atoms with Gasteiger partial charge in [-0.2, -0.15) is 0 Å². The third-order valence-corrected chi connectivity index (χ3v) is 3.50. The molecule has 0 saturated heterocycles. The van der Waals surface area contributed by atoms with E-state index in [1.807, 2.05) is 37.9 Å².